The van der Waals surface area contributed by atoms with Gasteiger partial charge in [0.15, 0.2) is 0 Å². The van der Waals surface area contributed by atoms with Crippen molar-refractivity contribution in [1.82, 2.24) is 4.90 Å². The normalized spacial score (nSPS) is 10.4. The van der Waals surface area contributed by atoms with Crippen LogP contribution in [0.3, 0.4) is 0 Å². The number of hydrogen-bond acceptors (Lipinski definition) is 2. The van der Waals surface area contributed by atoms with Crippen LogP contribution < -0.4 is 4.90 Å². The molecule has 0 aliphatic heterocycles. The molecule has 0 bridgehead atoms. The maximum absolute atomic E-state index is 12.5. The monoisotopic (exact) mass is 278 g/mol. The number of nitrogens with zero attached hydrogens (tertiary/aromatic N) is 2. The zero-order valence-corrected chi connectivity index (χ0v) is 12.5. The molecule has 1 rings (SSSR count). The maximum atomic E-state index is 12.5. The third kappa shape index (κ3) is 3.98. The largest absolute Gasteiger partial charge is 0.480 e. The summed E-state index contributed by atoms with van der Waals surface area (Å²) in [6.45, 7) is 7.85. The number of carbonyl (C=O) groups excluding carboxylic acids is 1. The second-order valence-electron chi connectivity index (χ2n) is 4.98. The molecule has 0 saturated carbocycles. The molecule has 2 amide bonds. The molecule has 1 aromatic rings. The molecule has 0 radical (unpaired) electrons. The van der Waals surface area contributed by atoms with Gasteiger partial charge in [-0.1, -0.05) is 17.7 Å². The number of benzene rings is 1. The van der Waals surface area contributed by atoms with E-state index in [1.54, 1.807) is 17.0 Å². The number of aryl methyl sites for hydroxylation is 1. The van der Waals surface area contributed by atoms with Gasteiger partial charge in [0.05, 0.1) is 0 Å². The molecule has 5 heteroatoms. The van der Waals surface area contributed by atoms with E-state index in [4.69, 9.17) is 5.11 Å². The fraction of sp³-hybridized carbons (Fsp3) is 0.467. The van der Waals surface area contributed by atoms with Crippen LogP contribution in [0.4, 0.5) is 10.5 Å². The van der Waals surface area contributed by atoms with Crippen LogP contribution in [0.2, 0.25) is 0 Å². The van der Waals surface area contributed by atoms with Crippen molar-refractivity contribution in [1.29, 1.82) is 0 Å². The number of aliphatic carboxylic acids is 1. The van der Waals surface area contributed by atoms with Gasteiger partial charge in [-0.15, -0.1) is 0 Å². The van der Waals surface area contributed by atoms with Crippen LogP contribution in [0.25, 0.3) is 0 Å². The molecule has 110 valence electrons. The minimum atomic E-state index is -1.03. The Morgan fingerprint density at radius 1 is 1.20 bits per heavy atom. The molecule has 1 N–H and O–H groups in total. The smallest absolute Gasteiger partial charge is 0.325 e. The summed E-state index contributed by atoms with van der Waals surface area (Å²) in [6, 6.07) is 7.00. The molecule has 0 atom stereocenters. The molecule has 0 spiro atoms. The fourth-order valence-electron chi connectivity index (χ4n) is 2.01. The van der Waals surface area contributed by atoms with Gasteiger partial charge in [-0.3, -0.25) is 9.69 Å². The van der Waals surface area contributed by atoms with Crippen LogP contribution in [0.1, 0.15) is 26.3 Å². The van der Waals surface area contributed by atoms with E-state index < -0.39 is 5.97 Å². The summed E-state index contributed by atoms with van der Waals surface area (Å²) in [5.74, 6) is -1.03. The van der Waals surface area contributed by atoms with Crippen molar-refractivity contribution in [3.05, 3.63) is 29.8 Å². The van der Waals surface area contributed by atoms with E-state index in [2.05, 4.69) is 0 Å². The number of carbonyl (C=O) groups is 2. The SMILES string of the molecule is CCN(C(=O)N(CC(=O)O)c1ccc(C)cc1)C(C)C. The molecule has 0 unspecified atom stereocenters. The molecule has 0 aliphatic rings. The van der Waals surface area contributed by atoms with Gasteiger partial charge in [-0.2, -0.15) is 0 Å². The minimum Gasteiger partial charge on any atom is -0.480 e. The van der Waals surface area contributed by atoms with Crippen molar-refractivity contribution in [2.75, 3.05) is 18.0 Å². The van der Waals surface area contributed by atoms with Gasteiger partial charge in [0.1, 0.15) is 6.54 Å². The number of amides is 2. The number of rotatable bonds is 5. The van der Waals surface area contributed by atoms with Crippen LogP contribution in [0, 0.1) is 6.92 Å². The van der Waals surface area contributed by atoms with Gasteiger partial charge in [-0.25, -0.2) is 4.79 Å². The molecular formula is C15H22N2O3. The van der Waals surface area contributed by atoms with Crippen LogP contribution >= 0.6 is 0 Å². The zero-order chi connectivity index (χ0) is 15.3. The number of urea groups is 1. The van der Waals surface area contributed by atoms with E-state index in [-0.39, 0.29) is 18.6 Å². The summed E-state index contributed by atoms with van der Waals surface area (Å²) >= 11 is 0. The Bertz CT molecular complexity index is 469. The van der Waals surface area contributed by atoms with Crippen LogP contribution in [-0.4, -0.2) is 41.1 Å². The molecule has 0 heterocycles. The van der Waals surface area contributed by atoms with Crippen LogP contribution in [0.15, 0.2) is 24.3 Å². The van der Waals surface area contributed by atoms with Crippen molar-refractivity contribution < 1.29 is 14.7 Å². The summed E-state index contributed by atoms with van der Waals surface area (Å²) in [5, 5.41) is 9.03. The minimum absolute atomic E-state index is 0.0224. The Hall–Kier alpha value is -2.04. The number of hydrogen-bond donors (Lipinski definition) is 1. The summed E-state index contributed by atoms with van der Waals surface area (Å²) in [6.07, 6.45) is 0. The number of anilines is 1. The zero-order valence-electron chi connectivity index (χ0n) is 12.5. The van der Waals surface area contributed by atoms with E-state index in [0.717, 1.165) is 5.56 Å². The van der Waals surface area contributed by atoms with Gasteiger partial charge in [0.2, 0.25) is 0 Å². The first-order chi connectivity index (χ1) is 9.36. The molecule has 0 fully saturated rings. The fourth-order valence-corrected chi connectivity index (χ4v) is 2.01. The standard InChI is InChI=1S/C15H22N2O3/c1-5-16(11(2)3)15(20)17(10-14(18)19)13-8-6-12(4)7-9-13/h6-9,11H,5,10H2,1-4H3,(H,18,19). The van der Waals surface area contributed by atoms with Gasteiger partial charge in [0.25, 0.3) is 0 Å². The van der Waals surface area contributed by atoms with Crippen molar-refractivity contribution >= 4 is 17.7 Å². The Kier molecular flexibility index (Phi) is 5.55. The predicted molar refractivity (Wildman–Crippen MR) is 79.1 cm³/mol. The predicted octanol–water partition coefficient (Wildman–Crippen LogP) is 2.74. The average molecular weight is 278 g/mol. The highest BCUT2D eigenvalue weighted by atomic mass is 16.4. The molecule has 1 aromatic carbocycles. The van der Waals surface area contributed by atoms with E-state index in [1.165, 1.54) is 4.90 Å². The lowest BCUT2D eigenvalue weighted by molar-refractivity contribution is -0.135. The second kappa shape index (κ2) is 6.93. The molecule has 0 saturated heterocycles. The molecular weight excluding hydrogens is 256 g/mol. The Labute approximate surface area is 119 Å². The number of carboxylic acids is 1. The maximum Gasteiger partial charge on any atom is 0.325 e. The summed E-state index contributed by atoms with van der Waals surface area (Å²) < 4.78 is 0. The van der Waals surface area contributed by atoms with Gasteiger partial charge in [0, 0.05) is 18.3 Å². The second-order valence-corrected chi connectivity index (χ2v) is 4.98. The first-order valence-corrected chi connectivity index (χ1v) is 6.73. The van der Waals surface area contributed by atoms with E-state index in [0.29, 0.717) is 12.2 Å². The third-order valence-corrected chi connectivity index (χ3v) is 3.08. The Morgan fingerprint density at radius 3 is 2.15 bits per heavy atom. The lowest BCUT2D eigenvalue weighted by Gasteiger charge is -2.31. The van der Waals surface area contributed by atoms with Crippen molar-refractivity contribution in [3.63, 3.8) is 0 Å². The van der Waals surface area contributed by atoms with Gasteiger partial charge < -0.3 is 10.0 Å². The first kappa shape index (κ1) is 16.0. The Balaban J connectivity index is 3.08. The molecule has 5 nitrogen and oxygen atoms in total. The van der Waals surface area contributed by atoms with E-state index in [9.17, 15) is 9.59 Å². The lowest BCUT2D eigenvalue weighted by atomic mass is 10.2. The van der Waals surface area contributed by atoms with Crippen molar-refractivity contribution in [3.8, 4) is 0 Å². The number of carboxylic acid groups (broad SMARTS) is 1. The topological polar surface area (TPSA) is 60.9 Å². The first-order valence-electron chi connectivity index (χ1n) is 6.73. The van der Waals surface area contributed by atoms with E-state index in [1.807, 2.05) is 39.8 Å². The average Bonchev–Trinajstić information content (AvgIpc) is 2.37. The highest BCUT2D eigenvalue weighted by molar-refractivity contribution is 5.96. The van der Waals surface area contributed by atoms with Gasteiger partial charge in [-0.05, 0) is 39.8 Å². The third-order valence-electron chi connectivity index (χ3n) is 3.08. The molecule has 20 heavy (non-hydrogen) atoms. The van der Waals surface area contributed by atoms with Crippen molar-refractivity contribution in [2.45, 2.75) is 33.7 Å². The van der Waals surface area contributed by atoms with Crippen molar-refractivity contribution in [2.24, 2.45) is 0 Å². The Morgan fingerprint density at radius 2 is 1.75 bits per heavy atom. The lowest BCUT2D eigenvalue weighted by Crippen LogP contribution is -2.48. The van der Waals surface area contributed by atoms with E-state index >= 15 is 0 Å². The molecule has 0 aliphatic carbocycles. The highest BCUT2D eigenvalue weighted by Gasteiger charge is 2.25. The summed E-state index contributed by atoms with van der Waals surface area (Å²) in [7, 11) is 0. The quantitative estimate of drug-likeness (QED) is 0.901. The summed E-state index contributed by atoms with van der Waals surface area (Å²) in [5.41, 5.74) is 1.66. The van der Waals surface area contributed by atoms with Gasteiger partial charge >= 0.3 is 12.0 Å². The van der Waals surface area contributed by atoms with Crippen LogP contribution in [-0.2, 0) is 4.79 Å². The van der Waals surface area contributed by atoms with Crippen LogP contribution in [0.5, 0.6) is 0 Å². The molecule has 0 aromatic heterocycles. The summed E-state index contributed by atoms with van der Waals surface area (Å²) in [4.78, 5) is 26.5. The highest BCUT2D eigenvalue weighted by Crippen LogP contribution is 2.18.